The van der Waals surface area contributed by atoms with Crippen LogP contribution in [0.5, 0.6) is 5.75 Å². The molecular formula is C27H35Cl2FN4O. The van der Waals surface area contributed by atoms with E-state index in [0.717, 1.165) is 47.8 Å². The maximum atomic E-state index is 14.6. The SMILES string of the molecule is CCCN(c1nc(CC)n(-c2cc(C)c(OC)cc2Cl)n1)C(CC1CC1)c1ccc(C)c(F)c1.Cl. The fourth-order valence-corrected chi connectivity index (χ4v) is 4.70. The molecule has 0 aliphatic heterocycles. The largest absolute Gasteiger partial charge is 0.496 e. The Bertz CT molecular complexity index is 1160. The summed E-state index contributed by atoms with van der Waals surface area (Å²) in [6, 6.07) is 9.44. The minimum Gasteiger partial charge on any atom is -0.496 e. The van der Waals surface area contributed by atoms with Crippen molar-refractivity contribution >= 4 is 30.0 Å². The van der Waals surface area contributed by atoms with Gasteiger partial charge in [0.1, 0.15) is 17.4 Å². The van der Waals surface area contributed by atoms with Crippen LogP contribution in [0.2, 0.25) is 5.02 Å². The average Bonchev–Trinajstić information content (AvgIpc) is 3.55. The number of hydrogen-bond donors (Lipinski definition) is 0. The van der Waals surface area contributed by atoms with Gasteiger partial charge in [-0.2, -0.15) is 4.98 Å². The van der Waals surface area contributed by atoms with Crippen molar-refractivity contribution in [3.8, 4) is 11.4 Å². The zero-order chi connectivity index (χ0) is 24.4. The zero-order valence-corrected chi connectivity index (χ0v) is 22.7. The molecule has 1 saturated carbocycles. The maximum Gasteiger partial charge on any atom is 0.245 e. The minimum atomic E-state index is -0.164. The van der Waals surface area contributed by atoms with E-state index in [-0.39, 0.29) is 24.3 Å². The molecule has 1 fully saturated rings. The van der Waals surface area contributed by atoms with E-state index in [4.69, 9.17) is 26.4 Å². The Labute approximate surface area is 219 Å². The zero-order valence-electron chi connectivity index (χ0n) is 21.1. The summed E-state index contributed by atoms with van der Waals surface area (Å²) in [6.45, 7) is 8.79. The van der Waals surface area contributed by atoms with Gasteiger partial charge in [0.2, 0.25) is 5.95 Å². The standard InChI is InChI=1S/C27H34ClFN4O.ClH/c1-6-12-32(23(14-19-9-10-19)20-11-8-17(3)22(29)15-20)27-30-26(7-2)33(31-27)24-13-18(4)25(34-5)16-21(24)28;/h8,11,13,15-16,19,23H,6-7,9-10,12,14H2,1-5H3;1H. The predicted molar refractivity (Wildman–Crippen MR) is 143 cm³/mol. The fraction of sp³-hybridized carbons (Fsp3) is 0.481. The van der Waals surface area contributed by atoms with Crippen LogP contribution in [0.25, 0.3) is 5.69 Å². The van der Waals surface area contributed by atoms with Crippen molar-refractivity contribution in [1.82, 2.24) is 14.8 Å². The number of aryl methyl sites for hydroxylation is 3. The summed E-state index contributed by atoms with van der Waals surface area (Å²) in [7, 11) is 1.64. The number of anilines is 1. The highest BCUT2D eigenvalue weighted by Crippen LogP contribution is 2.41. The molecule has 8 heteroatoms. The Morgan fingerprint density at radius 1 is 1.17 bits per heavy atom. The molecule has 0 saturated heterocycles. The topological polar surface area (TPSA) is 43.2 Å². The second-order valence-corrected chi connectivity index (χ2v) is 9.67. The smallest absolute Gasteiger partial charge is 0.245 e. The van der Waals surface area contributed by atoms with Crippen molar-refractivity contribution < 1.29 is 9.13 Å². The number of aromatic nitrogens is 3. The van der Waals surface area contributed by atoms with Crippen LogP contribution in [-0.4, -0.2) is 28.4 Å². The molecule has 0 N–H and O–H groups in total. The quantitative estimate of drug-likeness (QED) is 0.278. The van der Waals surface area contributed by atoms with E-state index in [0.29, 0.717) is 28.9 Å². The van der Waals surface area contributed by atoms with Gasteiger partial charge in [-0.1, -0.05) is 50.4 Å². The third-order valence-electron chi connectivity index (χ3n) is 6.60. The number of hydrogen-bond acceptors (Lipinski definition) is 4. The first-order valence-corrected chi connectivity index (χ1v) is 12.6. The van der Waals surface area contributed by atoms with Gasteiger partial charge in [-0.15, -0.1) is 17.5 Å². The third-order valence-corrected chi connectivity index (χ3v) is 6.91. The van der Waals surface area contributed by atoms with Crippen molar-refractivity contribution in [1.29, 1.82) is 0 Å². The van der Waals surface area contributed by atoms with E-state index in [9.17, 15) is 4.39 Å². The first-order chi connectivity index (χ1) is 16.4. The lowest BCUT2D eigenvalue weighted by atomic mass is 9.98. The first-order valence-electron chi connectivity index (χ1n) is 12.2. The molecule has 0 amide bonds. The molecule has 190 valence electrons. The molecule has 0 spiro atoms. The lowest BCUT2D eigenvalue weighted by Crippen LogP contribution is -2.31. The summed E-state index contributed by atoms with van der Waals surface area (Å²) < 4.78 is 21.8. The van der Waals surface area contributed by atoms with Crippen LogP contribution in [-0.2, 0) is 6.42 Å². The Balaban J connectivity index is 0.00000342. The number of benzene rings is 2. The monoisotopic (exact) mass is 520 g/mol. The Hall–Kier alpha value is -2.31. The lowest BCUT2D eigenvalue weighted by molar-refractivity contribution is 0.411. The normalized spacial score (nSPS) is 13.9. The van der Waals surface area contributed by atoms with Crippen LogP contribution in [0.15, 0.2) is 30.3 Å². The van der Waals surface area contributed by atoms with Crippen molar-refractivity contribution in [2.45, 2.75) is 65.8 Å². The highest BCUT2D eigenvalue weighted by molar-refractivity contribution is 6.32. The number of nitrogens with zero attached hydrogens (tertiary/aromatic N) is 4. The highest BCUT2D eigenvalue weighted by atomic mass is 35.5. The summed E-state index contributed by atoms with van der Waals surface area (Å²) in [5.74, 6) is 2.74. The Morgan fingerprint density at radius 2 is 1.91 bits per heavy atom. The van der Waals surface area contributed by atoms with Crippen LogP contribution in [0.3, 0.4) is 0 Å². The van der Waals surface area contributed by atoms with Gasteiger partial charge in [0.05, 0.1) is 23.9 Å². The predicted octanol–water partition coefficient (Wildman–Crippen LogP) is 7.43. The molecule has 35 heavy (non-hydrogen) atoms. The Morgan fingerprint density at radius 3 is 2.51 bits per heavy atom. The number of methoxy groups -OCH3 is 1. The van der Waals surface area contributed by atoms with Crippen molar-refractivity contribution in [3.05, 3.63) is 63.7 Å². The van der Waals surface area contributed by atoms with Gasteiger partial charge in [0.25, 0.3) is 0 Å². The van der Waals surface area contributed by atoms with Gasteiger partial charge in [0, 0.05) is 19.0 Å². The van der Waals surface area contributed by atoms with Crippen LogP contribution in [0.4, 0.5) is 10.3 Å². The van der Waals surface area contributed by atoms with E-state index in [2.05, 4.69) is 24.8 Å². The highest BCUT2D eigenvalue weighted by Gasteiger charge is 2.32. The summed E-state index contributed by atoms with van der Waals surface area (Å²) in [5, 5.41) is 5.52. The fourth-order valence-electron chi connectivity index (χ4n) is 4.47. The van der Waals surface area contributed by atoms with E-state index in [1.807, 2.05) is 29.8 Å². The molecule has 4 rings (SSSR count). The van der Waals surface area contributed by atoms with Crippen molar-refractivity contribution in [2.24, 2.45) is 5.92 Å². The summed E-state index contributed by atoms with van der Waals surface area (Å²) in [4.78, 5) is 7.20. The summed E-state index contributed by atoms with van der Waals surface area (Å²) in [5.41, 5.74) is 3.41. The molecule has 1 unspecified atom stereocenters. The average molecular weight is 522 g/mol. The van der Waals surface area contributed by atoms with Crippen LogP contribution < -0.4 is 9.64 Å². The van der Waals surface area contributed by atoms with Gasteiger partial charge in [-0.25, -0.2) is 9.07 Å². The molecule has 1 atom stereocenters. The molecule has 1 heterocycles. The van der Waals surface area contributed by atoms with Gasteiger partial charge in [-0.3, -0.25) is 0 Å². The van der Waals surface area contributed by atoms with Crippen LogP contribution in [0, 0.1) is 25.6 Å². The summed E-state index contributed by atoms with van der Waals surface area (Å²) in [6.07, 6.45) is 5.08. The summed E-state index contributed by atoms with van der Waals surface area (Å²) >= 11 is 6.64. The number of rotatable bonds is 10. The van der Waals surface area contributed by atoms with E-state index < -0.39 is 0 Å². The van der Waals surface area contributed by atoms with E-state index in [1.165, 1.54) is 12.8 Å². The molecular weight excluding hydrogens is 486 g/mol. The van der Waals surface area contributed by atoms with Crippen LogP contribution in [0.1, 0.15) is 68.1 Å². The number of halogens is 3. The van der Waals surface area contributed by atoms with Gasteiger partial charge in [0.15, 0.2) is 0 Å². The maximum absolute atomic E-state index is 14.6. The second-order valence-electron chi connectivity index (χ2n) is 9.26. The van der Waals surface area contributed by atoms with Gasteiger partial charge >= 0.3 is 0 Å². The first kappa shape index (κ1) is 27.3. The number of ether oxygens (including phenoxy) is 1. The van der Waals surface area contributed by atoms with Crippen molar-refractivity contribution in [2.75, 3.05) is 18.6 Å². The van der Waals surface area contributed by atoms with Crippen molar-refractivity contribution in [3.63, 3.8) is 0 Å². The molecule has 1 aliphatic rings. The van der Waals surface area contributed by atoms with Crippen LogP contribution >= 0.6 is 24.0 Å². The van der Waals surface area contributed by atoms with E-state index in [1.54, 1.807) is 20.1 Å². The minimum absolute atomic E-state index is 0. The van der Waals surface area contributed by atoms with Gasteiger partial charge < -0.3 is 9.64 Å². The Kier molecular flexibility index (Phi) is 9.05. The molecule has 0 radical (unpaired) electrons. The molecule has 3 aromatic rings. The lowest BCUT2D eigenvalue weighted by Gasteiger charge is -2.31. The molecule has 1 aromatic heterocycles. The molecule has 1 aliphatic carbocycles. The third kappa shape index (κ3) is 5.92. The molecule has 2 aromatic carbocycles. The van der Waals surface area contributed by atoms with Gasteiger partial charge in [-0.05, 0) is 61.4 Å². The van der Waals surface area contributed by atoms with E-state index >= 15 is 0 Å². The molecule has 5 nitrogen and oxygen atoms in total. The second kappa shape index (κ2) is 11.6. The molecule has 0 bridgehead atoms.